The van der Waals surface area contributed by atoms with E-state index in [0.29, 0.717) is 6.54 Å². The normalized spacial score (nSPS) is 10.4. The summed E-state index contributed by atoms with van der Waals surface area (Å²) in [7, 11) is 1.95. The lowest BCUT2D eigenvalue weighted by Gasteiger charge is -2.18. The molecular weight excluding hydrogens is 242 g/mol. The molecule has 0 aliphatic heterocycles. The third kappa shape index (κ3) is 2.99. The minimum Gasteiger partial charge on any atom is -0.367 e. The van der Waals surface area contributed by atoms with Crippen molar-refractivity contribution in [2.45, 2.75) is 13.8 Å². The van der Waals surface area contributed by atoms with Crippen LogP contribution in [0.5, 0.6) is 0 Å². The number of aryl methyl sites for hydroxylation is 2. The van der Waals surface area contributed by atoms with Gasteiger partial charge in [-0.2, -0.15) is 0 Å². The standard InChI is InChI=1S/C15H17NOS/c1-11-4-7-13(8-5-11)16(3)10-14(17)15-9-6-12(2)18-15/h4-9H,10H2,1-3H3. The van der Waals surface area contributed by atoms with Crippen molar-refractivity contribution in [1.82, 2.24) is 0 Å². The average Bonchev–Trinajstić information content (AvgIpc) is 2.76. The summed E-state index contributed by atoms with van der Waals surface area (Å²) >= 11 is 1.56. The molecule has 94 valence electrons. The lowest BCUT2D eigenvalue weighted by Crippen LogP contribution is -2.25. The number of rotatable bonds is 4. The van der Waals surface area contributed by atoms with Gasteiger partial charge in [0.05, 0.1) is 11.4 Å². The first kappa shape index (κ1) is 12.8. The van der Waals surface area contributed by atoms with Crippen LogP contribution in [-0.2, 0) is 0 Å². The predicted molar refractivity (Wildman–Crippen MR) is 77.8 cm³/mol. The van der Waals surface area contributed by atoms with E-state index in [1.165, 1.54) is 10.4 Å². The fourth-order valence-electron chi connectivity index (χ4n) is 1.77. The number of anilines is 1. The van der Waals surface area contributed by atoms with Gasteiger partial charge in [-0.25, -0.2) is 0 Å². The van der Waals surface area contributed by atoms with Crippen molar-refractivity contribution >= 4 is 22.8 Å². The summed E-state index contributed by atoms with van der Waals surface area (Å²) in [5.74, 6) is 0.177. The van der Waals surface area contributed by atoms with Gasteiger partial charge < -0.3 is 4.90 Å². The summed E-state index contributed by atoms with van der Waals surface area (Å²) in [5, 5.41) is 0. The van der Waals surface area contributed by atoms with Crippen LogP contribution in [0.4, 0.5) is 5.69 Å². The Hall–Kier alpha value is -1.61. The van der Waals surface area contributed by atoms with Crippen molar-refractivity contribution in [2.24, 2.45) is 0 Å². The van der Waals surface area contributed by atoms with Crippen molar-refractivity contribution in [2.75, 3.05) is 18.5 Å². The number of ketones is 1. The predicted octanol–water partition coefficient (Wildman–Crippen LogP) is 3.68. The van der Waals surface area contributed by atoms with Crippen LogP contribution in [0, 0.1) is 13.8 Å². The minimum absolute atomic E-state index is 0.177. The van der Waals surface area contributed by atoms with Gasteiger partial charge >= 0.3 is 0 Å². The van der Waals surface area contributed by atoms with E-state index in [2.05, 4.69) is 19.1 Å². The first-order valence-electron chi connectivity index (χ1n) is 5.94. The zero-order chi connectivity index (χ0) is 13.1. The molecule has 0 saturated heterocycles. The molecule has 3 heteroatoms. The molecule has 0 atom stereocenters. The number of thiophene rings is 1. The van der Waals surface area contributed by atoms with E-state index in [9.17, 15) is 4.79 Å². The Morgan fingerprint density at radius 2 is 1.78 bits per heavy atom. The van der Waals surface area contributed by atoms with E-state index in [1.54, 1.807) is 11.3 Å². The molecule has 2 aromatic rings. The largest absolute Gasteiger partial charge is 0.367 e. The van der Waals surface area contributed by atoms with E-state index < -0.39 is 0 Å². The molecule has 0 aliphatic rings. The van der Waals surface area contributed by atoms with Crippen LogP contribution >= 0.6 is 11.3 Å². The second kappa shape index (κ2) is 5.36. The van der Waals surface area contributed by atoms with Gasteiger partial charge in [0, 0.05) is 17.6 Å². The van der Waals surface area contributed by atoms with Crippen molar-refractivity contribution in [3.05, 3.63) is 51.7 Å². The molecule has 0 unspecified atom stereocenters. The number of benzene rings is 1. The maximum absolute atomic E-state index is 12.1. The van der Waals surface area contributed by atoms with Gasteiger partial charge in [-0.1, -0.05) is 17.7 Å². The molecule has 0 radical (unpaired) electrons. The van der Waals surface area contributed by atoms with E-state index in [-0.39, 0.29) is 5.78 Å². The highest BCUT2D eigenvalue weighted by Gasteiger charge is 2.11. The summed E-state index contributed by atoms with van der Waals surface area (Å²) in [6.07, 6.45) is 0. The Balaban J connectivity index is 2.05. The van der Waals surface area contributed by atoms with E-state index in [0.717, 1.165) is 10.6 Å². The molecule has 0 fully saturated rings. The Bertz CT molecular complexity index is 542. The third-order valence-electron chi connectivity index (χ3n) is 2.87. The Morgan fingerprint density at radius 3 is 2.33 bits per heavy atom. The summed E-state index contributed by atoms with van der Waals surface area (Å²) in [6.45, 7) is 4.50. The number of Topliss-reactive ketones (excluding diaryl/α,β-unsaturated/α-hetero) is 1. The Kier molecular flexibility index (Phi) is 3.82. The SMILES string of the molecule is Cc1ccc(N(C)CC(=O)c2ccc(C)s2)cc1. The summed E-state index contributed by atoms with van der Waals surface area (Å²) in [5.41, 5.74) is 2.30. The average molecular weight is 259 g/mol. The molecule has 2 rings (SSSR count). The van der Waals surface area contributed by atoms with E-state index in [1.807, 2.05) is 43.1 Å². The highest BCUT2D eigenvalue weighted by Crippen LogP contribution is 2.18. The van der Waals surface area contributed by atoms with Gasteiger partial charge in [0.1, 0.15) is 0 Å². The molecule has 18 heavy (non-hydrogen) atoms. The molecule has 1 aromatic carbocycles. The van der Waals surface area contributed by atoms with Crippen LogP contribution in [-0.4, -0.2) is 19.4 Å². The van der Waals surface area contributed by atoms with Gasteiger partial charge in [-0.05, 0) is 38.1 Å². The van der Waals surface area contributed by atoms with Crippen molar-refractivity contribution in [1.29, 1.82) is 0 Å². The van der Waals surface area contributed by atoms with Crippen molar-refractivity contribution < 1.29 is 4.79 Å². The number of carbonyl (C=O) groups is 1. The maximum Gasteiger partial charge on any atom is 0.191 e. The van der Waals surface area contributed by atoms with E-state index >= 15 is 0 Å². The van der Waals surface area contributed by atoms with Crippen LogP contribution in [0.1, 0.15) is 20.1 Å². The van der Waals surface area contributed by atoms with Gasteiger partial charge in [0.15, 0.2) is 5.78 Å². The molecule has 0 N–H and O–H groups in total. The monoisotopic (exact) mass is 259 g/mol. The van der Waals surface area contributed by atoms with Crippen LogP contribution < -0.4 is 4.90 Å². The Labute approximate surface area is 112 Å². The van der Waals surface area contributed by atoms with Crippen LogP contribution in [0.2, 0.25) is 0 Å². The first-order chi connectivity index (χ1) is 8.56. The number of likely N-dealkylation sites (N-methyl/N-ethyl adjacent to an activating group) is 1. The summed E-state index contributed by atoms with van der Waals surface area (Å²) in [4.78, 5) is 16.1. The highest BCUT2D eigenvalue weighted by molar-refractivity contribution is 7.14. The number of carbonyl (C=O) groups excluding carboxylic acids is 1. The molecular formula is C15H17NOS. The van der Waals surface area contributed by atoms with Crippen LogP contribution in [0.3, 0.4) is 0 Å². The summed E-state index contributed by atoms with van der Waals surface area (Å²) < 4.78 is 0. The van der Waals surface area contributed by atoms with Gasteiger partial charge in [-0.15, -0.1) is 11.3 Å². The quantitative estimate of drug-likeness (QED) is 0.781. The summed E-state index contributed by atoms with van der Waals surface area (Å²) in [6, 6.07) is 12.1. The molecule has 0 saturated carbocycles. The zero-order valence-corrected chi connectivity index (χ0v) is 11.8. The molecule has 0 spiro atoms. The smallest absolute Gasteiger partial charge is 0.191 e. The fraction of sp³-hybridized carbons (Fsp3) is 0.267. The first-order valence-corrected chi connectivity index (χ1v) is 6.75. The van der Waals surface area contributed by atoms with Crippen LogP contribution in [0.15, 0.2) is 36.4 Å². The molecule has 0 aliphatic carbocycles. The lowest BCUT2D eigenvalue weighted by atomic mass is 10.2. The third-order valence-corrected chi connectivity index (χ3v) is 3.91. The van der Waals surface area contributed by atoms with Crippen molar-refractivity contribution in [3.63, 3.8) is 0 Å². The van der Waals surface area contributed by atoms with E-state index in [4.69, 9.17) is 0 Å². The van der Waals surface area contributed by atoms with Crippen molar-refractivity contribution in [3.8, 4) is 0 Å². The number of hydrogen-bond acceptors (Lipinski definition) is 3. The van der Waals surface area contributed by atoms with Gasteiger partial charge in [0.2, 0.25) is 0 Å². The minimum atomic E-state index is 0.177. The molecule has 1 aromatic heterocycles. The molecule has 2 nitrogen and oxygen atoms in total. The second-order valence-corrected chi connectivity index (χ2v) is 5.81. The zero-order valence-electron chi connectivity index (χ0n) is 10.9. The van der Waals surface area contributed by atoms with Gasteiger partial charge in [-0.3, -0.25) is 4.79 Å². The number of nitrogens with zero attached hydrogens (tertiary/aromatic N) is 1. The highest BCUT2D eigenvalue weighted by atomic mass is 32.1. The topological polar surface area (TPSA) is 20.3 Å². The molecule has 0 bridgehead atoms. The molecule has 0 amide bonds. The van der Waals surface area contributed by atoms with Gasteiger partial charge in [0.25, 0.3) is 0 Å². The number of hydrogen-bond donors (Lipinski definition) is 0. The molecule has 1 heterocycles. The lowest BCUT2D eigenvalue weighted by molar-refractivity contribution is 0.100. The fourth-order valence-corrected chi connectivity index (χ4v) is 2.57. The second-order valence-electron chi connectivity index (χ2n) is 4.53. The Morgan fingerprint density at radius 1 is 1.11 bits per heavy atom. The maximum atomic E-state index is 12.1. The van der Waals surface area contributed by atoms with Crippen LogP contribution in [0.25, 0.3) is 0 Å².